The largest absolute Gasteiger partial charge is 0.316 e. The van der Waals surface area contributed by atoms with Gasteiger partial charge in [-0.25, -0.2) is 0 Å². The highest BCUT2D eigenvalue weighted by atomic mass is 32.1. The molecule has 1 nitrogen and oxygen atoms in total. The van der Waals surface area contributed by atoms with Gasteiger partial charge in [-0.1, -0.05) is 27.7 Å². The predicted molar refractivity (Wildman–Crippen MR) is 69.6 cm³/mol. The summed E-state index contributed by atoms with van der Waals surface area (Å²) in [6.45, 7) is 11.4. The molecule has 2 unspecified atom stereocenters. The minimum Gasteiger partial charge on any atom is -0.316 e. The highest BCUT2D eigenvalue weighted by molar-refractivity contribution is 7.07. The van der Waals surface area contributed by atoms with Gasteiger partial charge in [0, 0.05) is 0 Å². The van der Waals surface area contributed by atoms with Crippen LogP contribution in [0.1, 0.15) is 39.2 Å². The van der Waals surface area contributed by atoms with Gasteiger partial charge in [0.05, 0.1) is 0 Å². The van der Waals surface area contributed by atoms with Gasteiger partial charge in [0.15, 0.2) is 0 Å². The summed E-state index contributed by atoms with van der Waals surface area (Å²) in [7, 11) is 0. The minimum absolute atomic E-state index is 0.663. The molecule has 1 heterocycles. The fourth-order valence-electron chi connectivity index (χ4n) is 1.64. The Kier molecular flexibility index (Phi) is 5.34. The van der Waals surface area contributed by atoms with Gasteiger partial charge in [-0.2, -0.15) is 11.3 Å². The molecule has 0 radical (unpaired) electrons. The molecule has 1 rings (SSSR count). The first-order valence-electron chi connectivity index (χ1n) is 5.84. The zero-order valence-electron chi connectivity index (χ0n) is 10.3. The molecule has 2 atom stereocenters. The van der Waals surface area contributed by atoms with Crippen LogP contribution in [-0.4, -0.2) is 13.1 Å². The van der Waals surface area contributed by atoms with Crippen LogP contribution in [0.2, 0.25) is 0 Å². The third kappa shape index (κ3) is 4.35. The van der Waals surface area contributed by atoms with E-state index in [1.165, 1.54) is 5.56 Å². The van der Waals surface area contributed by atoms with E-state index in [1.54, 1.807) is 11.3 Å². The second-order valence-electron chi connectivity index (χ2n) is 4.87. The number of rotatable bonds is 6. The second-order valence-corrected chi connectivity index (χ2v) is 5.65. The predicted octanol–water partition coefficient (Wildman–Crippen LogP) is 3.73. The van der Waals surface area contributed by atoms with Gasteiger partial charge in [0.2, 0.25) is 0 Å². The average molecular weight is 225 g/mol. The smallest absolute Gasteiger partial charge is 0.00173 e. The van der Waals surface area contributed by atoms with Gasteiger partial charge in [0.25, 0.3) is 0 Å². The summed E-state index contributed by atoms with van der Waals surface area (Å²) in [4.78, 5) is 0. The maximum absolute atomic E-state index is 3.53. The van der Waals surface area contributed by atoms with Crippen molar-refractivity contribution in [1.29, 1.82) is 0 Å². The minimum atomic E-state index is 0.663. The first-order valence-corrected chi connectivity index (χ1v) is 6.78. The highest BCUT2D eigenvalue weighted by Crippen LogP contribution is 2.25. The molecule has 0 aromatic carbocycles. The van der Waals surface area contributed by atoms with E-state index in [0.29, 0.717) is 11.8 Å². The van der Waals surface area contributed by atoms with Crippen molar-refractivity contribution in [2.45, 2.75) is 33.6 Å². The van der Waals surface area contributed by atoms with Crippen molar-refractivity contribution >= 4 is 11.3 Å². The van der Waals surface area contributed by atoms with Crippen molar-refractivity contribution in [1.82, 2.24) is 5.32 Å². The Hall–Kier alpha value is -0.340. The summed E-state index contributed by atoms with van der Waals surface area (Å²) in [6.07, 6.45) is 0. The Morgan fingerprint density at radius 3 is 2.47 bits per heavy atom. The number of nitrogens with one attached hydrogen (secondary N) is 1. The molecule has 2 heteroatoms. The molecule has 1 aromatic rings. The Bertz CT molecular complexity index is 254. The van der Waals surface area contributed by atoms with E-state index >= 15 is 0 Å². The fraction of sp³-hybridized carbons (Fsp3) is 0.692. The number of hydrogen-bond acceptors (Lipinski definition) is 2. The Morgan fingerprint density at radius 2 is 1.93 bits per heavy atom. The van der Waals surface area contributed by atoms with Crippen molar-refractivity contribution in [3.05, 3.63) is 22.4 Å². The van der Waals surface area contributed by atoms with Gasteiger partial charge in [-0.3, -0.25) is 0 Å². The Labute approximate surface area is 97.9 Å². The molecule has 0 saturated heterocycles. The molecular formula is C13H23NS. The Balaban J connectivity index is 2.31. The molecule has 1 N–H and O–H groups in total. The third-order valence-corrected chi connectivity index (χ3v) is 3.64. The molecule has 86 valence electrons. The van der Waals surface area contributed by atoms with E-state index in [9.17, 15) is 0 Å². The van der Waals surface area contributed by atoms with Gasteiger partial charge in [-0.05, 0) is 53.2 Å². The lowest BCUT2D eigenvalue weighted by Crippen LogP contribution is -2.27. The fourth-order valence-corrected chi connectivity index (χ4v) is 2.40. The van der Waals surface area contributed by atoms with E-state index in [2.05, 4.69) is 49.8 Å². The SMILES string of the molecule is CC(C)CNCC(C)C(C)c1ccsc1. The van der Waals surface area contributed by atoms with E-state index < -0.39 is 0 Å². The average Bonchev–Trinajstić information content (AvgIpc) is 2.68. The van der Waals surface area contributed by atoms with Crippen LogP contribution in [0.3, 0.4) is 0 Å². The number of hydrogen-bond donors (Lipinski definition) is 1. The first-order chi connectivity index (χ1) is 7.11. The van der Waals surface area contributed by atoms with Crippen LogP contribution in [0.25, 0.3) is 0 Å². The van der Waals surface area contributed by atoms with Crippen molar-refractivity contribution in [3.63, 3.8) is 0 Å². The lowest BCUT2D eigenvalue weighted by atomic mass is 9.90. The zero-order chi connectivity index (χ0) is 11.3. The van der Waals surface area contributed by atoms with Crippen molar-refractivity contribution in [3.8, 4) is 0 Å². The van der Waals surface area contributed by atoms with Gasteiger partial charge in [0.1, 0.15) is 0 Å². The van der Waals surface area contributed by atoms with E-state index in [-0.39, 0.29) is 0 Å². The van der Waals surface area contributed by atoms with Gasteiger partial charge in [-0.15, -0.1) is 0 Å². The molecular weight excluding hydrogens is 202 g/mol. The summed E-state index contributed by atoms with van der Waals surface area (Å²) in [5.74, 6) is 2.11. The maximum Gasteiger partial charge on any atom is -0.00173 e. The van der Waals surface area contributed by atoms with Crippen LogP contribution in [0.4, 0.5) is 0 Å². The van der Waals surface area contributed by atoms with Crippen molar-refractivity contribution < 1.29 is 0 Å². The monoisotopic (exact) mass is 225 g/mol. The normalized spacial score (nSPS) is 15.5. The summed E-state index contributed by atoms with van der Waals surface area (Å²) >= 11 is 1.79. The number of thiophene rings is 1. The third-order valence-electron chi connectivity index (χ3n) is 2.94. The highest BCUT2D eigenvalue weighted by Gasteiger charge is 2.14. The Morgan fingerprint density at radius 1 is 1.20 bits per heavy atom. The first kappa shape index (κ1) is 12.7. The molecule has 0 amide bonds. The molecule has 15 heavy (non-hydrogen) atoms. The summed E-state index contributed by atoms with van der Waals surface area (Å²) in [5, 5.41) is 7.97. The van der Waals surface area contributed by atoms with Gasteiger partial charge >= 0.3 is 0 Å². The van der Waals surface area contributed by atoms with Crippen LogP contribution in [0.5, 0.6) is 0 Å². The van der Waals surface area contributed by atoms with E-state index in [1.807, 2.05) is 0 Å². The molecule has 1 aromatic heterocycles. The molecule has 0 aliphatic rings. The van der Waals surface area contributed by atoms with Crippen LogP contribution in [-0.2, 0) is 0 Å². The molecule has 0 aliphatic carbocycles. The van der Waals surface area contributed by atoms with Crippen LogP contribution >= 0.6 is 11.3 Å². The van der Waals surface area contributed by atoms with Crippen molar-refractivity contribution in [2.24, 2.45) is 11.8 Å². The standard InChI is InChI=1S/C13H23NS/c1-10(2)7-14-8-11(3)12(4)13-5-6-15-9-13/h5-6,9-12,14H,7-8H2,1-4H3. The molecule has 0 saturated carbocycles. The molecule has 0 spiro atoms. The van der Waals surface area contributed by atoms with Crippen LogP contribution in [0, 0.1) is 11.8 Å². The topological polar surface area (TPSA) is 12.0 Å². The molecule has 0 fully saturated rings. The maximum atomic E-state index is 3.53. The quantitative estimate of drug-likeness (QED) is 0.778. The van der Waals surface area contributed by atoms with E-state index in [4.69, 9.17) is 0 Å². The summed E-state index contributed by atoms with van der Waals surface area (Å²) in [6, 6.07) is 2.24. The lowest BCUT2D eigenvalue weighted by Gasteiger charge is -2.20. The van der Waals surface area contributed by atoms with Crippen molar-refractivity contribution in [2.75, 3.05) is 13.1 Å². The molecule has 0 aliphatic heterocycles. The van der Waals surface area contributed by atoms with E-state index in [0.717, 1.165) is 19.0 Å². The van der Waals surface area contributed by atoms with Crippen LogP contribution in [0.15, 0.2) is 16.8 Å². The van der Waals surface area contributed by atoms with Crippen LogP contribution < -0.4 is 5.32 Å². The lowest BCUT2D eigenvalue weighted by molar-refractivity contribution is 0.429. The summed E-state index contributed by atoms with van der Waals surface area (Å²) < 4.78 is 0. The summed E-state index contributed by atoms with van der Waals surface area (Å²) in [5.41, 5.74) is 1.49. The zero-order valence-corrected chi connectivity index (χ0v) is 11.1. The molecule has 0 bridgehead atoms. The van der Waals surface area contributed by atoms with Gasteiger partial charge < -0.3 is 5.32 Å². The second kappa shape index (κ2) is 6.29.